The second-order valence-corrected chi connectivity index (χ2v) is 4.39. The molecule has 0 unspecified atom stereocenters. The fraction of sp³-hybridized carbons (Fsp3) is 0.188. The molecule has 5 heteroatoms. The summed E-state index contributed by atoms with van der Waals surface area (Å²) in [6.07, 6.45) is 0. The molecule has 0 bridgehead atoms. The number of anilines is 1. The maximum atomic E-state index is 11.9. The molecule has 0 heterocycles. The molecule has 0 atom stereocenters. The van der Waals surface area contributed by atoms with Crippen LogP contribution in [0, 0.1) is 0 Å². The largest absolute Gasteiger partial charge is 0.495 e. The molecule has 110 valence electrons. The van der Waals surface area contributed by atoms with E-state index in [0.717, 1.165) is 5.56 Å². The Bertz CT molecular complexity index is 597. The Morgan fingerprint density at radius 2 is 1.86 bits per heavy atom. The number of carbonyl (C=O) groups excluding carboxylic acids is 1. The lowest BCUT2D eigenvalue weighted by atomic mass is 10.2. The van der Waals surface area contributed by atoms with Gasteiger partial charge in [-0.2, -0.15) is 0 Å². The predicted molar refractivity (Wildman–Crippen MR) is 81.5 cm³/mol. The van der Waals surface area contributed by atoms with Crippen molar-refractivity contribution in [1.82, 2.24) is 0 Å². The van der Waals surface area contributed by atoms with Crippen LogP contribution in [0.5, 0.6) is 11.5 Å². The summed E-state index contributed by atoms with van der Waals surface area (Å²) in [6.45, 7) is 0.411. The van der Waals surface area contributed by atoms with Crippen LogP contribution in [0.1, 0.15) is 5.56 Å². The van der Waals surface area contributed by atoms with Crippen molar-refractivity contribution in [2.24, 2.45) is 5.73 Å². The number of ether oxygens (including phenoxy) is 2. The number of nitrogens with two attached hydrogens (primary N) is 1. The SMILES string of the molecule is COc1ccccc1NC(=O)COc1ccc(CN)cc1. The highest BCUT2D eigenvalue weighted by Gasteiger charge is 2.07. The average Bonchev–Trinajstić information content (AvgIpc) is 2.54. The van der Waals surface area contributed by atoms with Crippen LogP contribution in [-0.2, 0) is 11.3 Å². The number of para-hydroxylation sites is 2. The third kappa shape index (κ3) is 4.22. The molecule has 0 aliphatic carbocycles. The number of amides is 1. The maximum Gasteiger partial charge on any atom is 0.262 e. The molecule has 2 rings (SSSR count). The molecule has 0 aliphatic heterocycles. The van der Waals surface area contributed by atoms with Crippen molar-refractivity contribution in [3.05, 3.63) is 54.1 Å². The van der Waals surface area contributed by atoms with Gasteiger partial charge in [-0.25, -0.2) is 0 Å². The maximum absolute atomic E-state index is 11.9. The molecule has 0 aromatic heterocycles. The van der Waals surface area contributed by atoms with E-state index in [1.165, 1.54) is 0 Å². The van der Waals surface area contributed by atoms with E-state index in [-0.39, 0.29) is 12.5 Å². The Morgan fingerprint density at radius 3 is 2.52 bits per heavy atom. The van der Waals surface area contributed by atoms with Crippen molar-refractivity contribution in [3.63, 3.8) is 0 Å². The summed E-state index contributed by atoms with van der Waals surface area (Å²) in [4.78, 5) is 11.9. The Kier molecular flexibility index (Phi) is 5.17. The summed E-state index contributed by atoms with van der Waals surface area (Å²) in [7, 11) is 1.56. The van der Waals surface area contributed by atoms with Gasteiger partial charge >= 0.3 is 0 Å². The van der Waals surface area contributed by atoms with Gasteiger partial charge in [0.15, 0.2) is 6.61 Å². The minimum Gasteiger partial charge on any atom is -0.495 e. The Hall–Kier alpha value is -2.53. The number of nitrogens with one attached hydrogen (secondary N) is 1. The third-order valence-corrected chi connectivity index (χ3v) is 2.91. The van der Waals surface area contributed by atoms with Gasteiger partial charge in [-0.3, -0.25) is 4.79 Å². The highest BCUT2D eigenvalue weighted by Crippen LogP contribution is 2.22. The van der Waals surface area contributed by atoms with Crippen LogP contribution in [0.4, 0.5) is 5.69 Å². The van der Waals surface area contributed by atoms with Crippen molar-refractivity contribution >= 4 is 11.6 Å². The molecule has 0 aliphatic rings. The first-order chi connectivity index (χ1) is 10.2. The zero-order chi connectivity index (χ0) is 15.1. The van der Waals surface area contributed by atoms with E-state index in [9.17, 15) is 4.79 Å². The van der Waals surface area contributed by atoms with Crippen molar-refractivity contribution < 1.29 is 14.3 Å². The first-order valence-electron chi connectivity index (χ1n) is 6.57. The van der Waals surface area contributed by atoms with E-state index in [1.807, 2.05) is 24.3 Å². The zero-order valence-electron chi connectivity index (χ0n) is 11.8. The van der Waals surface area contributed by atoms with Gasteiger partial charge in [0.05, 0.1) is 12.8 Å². The van der Waals surface area contributed by atoms with Crippen molar-refractivity contribution in [2.45, 2.75) is 6.54 Å². The summed E-state index contributed by atoms with van der Waals surface area (Å²) in [5.74, 6) is 0.989. The van der Waals surface area contributed by atoms with Gasteiger partial charge in [0.25, 0.3) is 5.91 Å². The van der Waals surface area contributed by atoms with Gasteiger partial charge in [-0.1, -0.05) is 24.3 Å². The first-order valence-corrected chi connectivity index (χ1v) is 6.57. The minimum atomic E-state index is -0.248. The number of rotatable bonds is 6. The fourth-order valence-corrected chi connectivity index (χ4v) is 1.80. The van der Waals surface area contributed by atoms with Crippen LogP contribution in [0.15, 0.2) is 48.5 Å². The molecule has 2 aromatic rings. The summed E-state index contributed by atoms with van der Waals surface area (Å²) >= 11 is 0. The lowest BCUT2D eigenvalue weighted by Gasteiger charge is -2.10. The fourth-order valence-electron chi connectivity index (χ4n) is 1.80. The lowest BCUT2D eigenvalue weighted by molar-refractivity contribution is -0.118. The highest BCUT2D eigenvalue weighted by atomic mass is 16.5. The van der Waals surface area contributed by atoms with Gasteiger partial charge in [0.1, 0.15) is 11.5 Å². The zero-order valence-corrected chi connectivity index (χ0v) is 11.8. The van der Waals surface area contributed by atoms with Gasteiger partial charge in [-0.15, -0.1) is 0 Å². The van der Waals surface area contributed by atoms with Crippen LogP contribution in [-0.4, -0.2) is 19.6 Å². The molecule has 2 aromatic carbocycles. The normalized spacial score (nSPS) is 10.0. The van der Waals surface area contributed by atoms with E-state index >= 15 is 0 Å². The number of methoxy groups -OCH3 is 1. The van der Waals surface area contributed by atoms with E-state index in [4.69, 9.17) is 15.2 Å². The van der Waals surface area contributed by atoms with Crippen LogP contribution < -0.4 is 20.5 Å². The van der Waals surface area contributed by atoms with Crippen LogP contribution in [0.2, 0.25) is 0 Å². The average molecular weight is 286 g/mol. The number of carbonyl (C=O) groups is 1. The van der Waals surface area contributed by atoms with E-state index < -0.39 is 0 Å². The lowest BCUT2D eigenvalue weighted by Crippen LogP contribution is -2.20. The number of hydrogen-bond acceptors (Lipinski definition) is 4. The smallest absolute Gasteiger partial charge is 0.262 e. The Labute approximate surface area is 123 Å². The summed E-state index contributed by atoms with van der Waals surface area (Å²) in [5, 5.41) is 2.75. The van der Waals surface area contributed by atoms with Gasteiger partial charge < -0.3 is 20.5 Å². The molecular formula is C16H18N2O3. The minimum absolute atomic E-state index is 0.0694. The molecule has 0 fully saturated rings. The monoisotopic (exact) mass is 286 g/mol. The standard InChI is InChI=1S/C16H18N2O3/c1-20-15-5-3-2-4-14(15)18-16(19)11-21-13-8-6-12(10-17)7-9-13/h2-9H,10-11,17H2,1H3,(H,18,19). The van der Waals surface area contributed by atoms with E-state index in [0.29, 0.717) is 23.7 Å². The topological polar surface area (TPSA) is 73.6 Å². The Morgan fingerprint density at radius 1 is 1.14 bits per heavy atom. The predicted octanol–water partition coefficient (Wildman–Crippen LogP) is 2.17. The van der Waals surface area contributed by atoms with Crippen LogP contribution in [0.3, 0.4) is 0 Å². The first kappa shape index (κ1) is 14.9. The molecule has 0 saturated heterocycles. The second kappa shape index (κ2) is 7.31. The Balaban J connectivity index is 1.89. The van der Waals surface area contributed by atoms with Crippen LogP contribution in [0.25, 0.3) is 0 Å². The summed E-state index contributed by atoms with van der Waals surface area (Å²) in [6, 6.07) is 14.5. The summed E-state index contributed by atoms with van der Waals surface area (Å²) < 4.78 is 10.6. The van der Waals surface area contributed by atoms with Crippen molar-refractivity contribution in [3.8, 4) is 11.5 Å². The quantitative estimate of drug-likeness (QED) is 0.853. The molecule has 0 spiro atoms. The van der Waals surface area contributed by atoms with Gasteiger partial charge in [0, 0.05) is 6.54 Å². The van der Waals surface area contributed by atoms with Gasteiger partial charge in [0.2, 0.25) is 0 Å². The molecule has 5 nitrogen and oxygen atoms in total. The molecular weight excluding hydrogens is 268 g/mol. The molecule has 0 radical (unpaired) electrons. The molecule has 21 heavy (non-hydrogen) atoms. The van der Waals surface area contributed by atoms with Crippen molar-refractivity contribution in [2.75, 3.05) is 19.0 Å². The summed E-state index contributed by atoms with van der Waals surface area (Å²) in [5.41, 5.74) is 7.15. The number of benzene rings is 2. The highest BCUT2D eigenvalue weighted by molar-refractivity contribution is 5.93. The number of hydrogen-bond donors (Lipinski definition) is 2. The van der Waals surface area contributed by atoms with E-state index in [2.05, 4.69) is 5.32 Å². The second-order valence-electron chi connectivity index (χ2n) is 4.39. The van der Waals surface area contributed by atoms with Crippen molar-refractivity contribution in [1.29, 1.82) is 0 Å². The van der Waals surface area contributed by atoms with Gasteiger partial charge in [-0.05, 0) is 29.8 Å². The third-order valence-electron chi connectivity index (χ3n) is 2.91. The van der Waals surface area contributed by atoms with E-state index in [1.54, 1.807) is 31.4 Å². The van der Waals surface area contributed by atoms with Crippen LogP contribution >= 0.6 is 0 Å². The molecule has 3 N–H and O–H groups in total. The molecule has 0 saturated carbocycles. The molecule has 1 amide bonds.